The Labute approximate surface area is 126 Å². The molecule has 1 aliphatic rings. The van der Waals surface area contributed by atoms with Crippen LogP contribution in [0.2, 0.25) is 0 Å². The van der Waals surface area contributed by atoms with Gasteiger partial charge in [-0.25, -0.2) is 0 Å². The lowest BCUT2D eigenvalue weighted by Crippen LogP contribution is -2.33. The number of hydrogen-bond acceptors (Lipinski definition) is 2. The second-order valence-corrected chi connectivity index (χ2v) is 5.51. The van der Waals surface area contributed by atoms with Crippen molar-refractivity contribution in [2.24, 2.45) is 0 Å². The van der Waals surface area contributed by atoms with Crippen LogP contribution in [0.4, 0.5) is 5.69 Å². The summed E-state index contributed by atoms with van der Waals surface area (Å²) < 4.78 is 5.19. The van der Waals surface area contributed by atoms with Crippen LogP contribution in [0.3, 0.4) is 0 Å². The molecule has 2 nitrogen and oxygen atoms in total. The number of benzene rings is 2. The van der Waals surface area contributed by atoms with Crippen molar-refractivity contribution in [3.63, 3.8) is 0 Å². The topological polar surface area (TPSA) is 21.3 Å². The zero-order valence-electron chi connectivity index (χ0n) is 12.2. The van der Waals surface area contributed by atoms with Gasteiger partial charge in [-0.2, -0.15) is 0 Å². The molecule has 3 rings (SSSR count). The van der Waals surface area contributed by atoms with Gasteiger partial charge in [-0.05, 0) is 54.7 Å². The number of ether oxygens (including phenoxy) is 1. The standard InChI is InChI=1S/C19H19NO/c1-3-14-5-4-6-17(11-14)20-18-12-16(13-18)15-7-9-19(21-2)10-8-15/h1,4-11,16,18,20H,12-13H2,2H3. The highest BCUT2D eigenvalue weighted by atomic mass is 16.5. The molecule has 0 bridgehead atoms. The molecule has 0 saturated heterocycles. The van der Waals surface area contributed by atoms with Crippen LogP contribution in [0.5, 0.6) is 5.75 Å². The van der Waals surface area contributed by atoms with Crippen LogP contribution >= 0.6 is 0 Å². The molecular weight excluding hydrogens is 258 g/mol. The van der Waals surface area contributed by atoms with Crippen LogP contribution in [0.15, 0.2) is 48.5 Å². The normalized spacial score (nSPS) is 20.2. The number of nitrogens with one attached hydrogen (secondary N) is 1. The second-order valence-electron chi connectivity index (χ2n) is 5.51. The first kappa shape index (κ1) is 13.6. The van der Waals surface area contributed by atoms with Gasteiger partial charge in [0.05, 0.1) is 7.11 Å². The first-order chi connectivity index (χ1) is 10.3. The van der Waals surface area contributed by atoms with Crippen LogP contribution in [0.1, 0.15) is 29.9 Å². The lowest BCUT2D eigenvalue weighted by Gasteiger charge is -2.37. The molecule has 1 N–H and O–H groups in total. The molecule has 0 amide bonds. The maximum absolute atomic E-state index is 5.43. The van der Waals surface area contributed by atoms with Crippen molar-refractivity contribution in [2.45, 2.75) is 24.8 Å². The average Bonchev–Trinajstić information content (AvgIpc) is 2.51. The third kappa shape index (κ3) is 3.03. The van der Waals surface area contributed by atoms with Gasteiger partial charge in [0, 0.05) is 17.3 Å². The molecule has 0 unspecified atom stereocenters. The van der Waals surface area contributed by atoms with Gasteiger partial charge in [-0.1, -0.05) is 24.1 Å². The fraction of sp³-hybridized carbons (Fsp3) is 0.263. The Kier molecular flexibility index (Phi) is 3.83. The third-order valence-electron chi connectivity index (χ3n) is 4.13. The highest BCUT2D eigenvalue weighted by Gasteiger charge is 2.30. The highest BCUT2D eigenvalue weighted by Crippen LogP contribution is 2.38. The summed E-state index contributed by atoms with van der Waals surface area (Å²) in [6, 6.07) is 17.0. The first-order valence-electron chi connectivity index (χ1n) is 7.25. The van der Waals surface area contributed by atoms with E-state index in [9.17, 15) is 0 Å². The Morgan fingerprint density at radius 3 is 2.57 bits per heavy atom. The van der Waals surface area contributed by atoms with E-state index in [1.165, 1.54) is 5.56 Å². The summed E-state index contributed by atoms with van der Waals surface area (Å²) in [5.74, 6) is 4.23. The molecule has 2 aromatic rings. The predicted molar refractivity (Wildman–Crippen MR) is 86.8 cm³/mol. The van der Waals surface area contributed by atoms with E-state index >= 15 is 0 Å². The number of rotatable bonds is 4. The summed E-state index contributed by atoms with van der Waals surface area (Å²) in [4.78, 5) is 0. The molecule has 0 aliphatic heterocycles. The smallest absolute Gasteiger partial charge is 0.118 e. The van der Waals surface area contributed by atoms with Crippen molar-refractivity contribution in [2.75, 3.05) is 12.4 Å². The Morgan fingerprint density at radius 1 is 1.14 bits per heavy atom. The van der Waals surface area contributed by atoms with E-state index in [0.29, 0.717) is 12.0 Å². The molecule has 106 valence electrons. The molecule has 0 aromatic heterocycles. The van der Waals surface area contributed by atoms with E-state index in [0.717, 1.165) is 29.8 Å². The van der Waals surface area contributed by atoms with E-state index in [1.54, 1.807) is 7.11 Å². The van der Waals surface area contributed by atoms with Crippen molar-refractivity contribution in [1.29, 1.82) is 0 Å². The second kappa shape index (κ2) is 5.93. The van der Waals surface area contributed by atoms with Crippen LogP contribution in [-0.4, -0.2) is 13.2 Å². The average molecular weight is 277 g/mol. The molecule has 21 heavy (non-hydrogen) atoms. The number of terminal acetylenes is 1. The minimum atomic E-state index is 0.533. The summed E-state index contributed by atoms with van der Waals surface area (Å²) in [7, 11) is 1.70. The van der Waals surface area contributed by atoms with Gasteiger partial charge in [0.2, 0.25) is 0 Å². The van der Waals surface area contributed by atoms with Crippen molar-refractivity contribution in [3.8, 4) is 18.1 Å². The zero-order valence-corrected chi connectivity index (χ0v) is 12.2. The lowest BCUT2D eigenvalue weighted by atomic mass is 9.76. The van der Waals surface area contributed by atoms with E-state index in [4.69, 9.17) is 11.2 Å². The molecule has 1 fully saturated rings. The van der Waals surface area contributed by atoms with Gasteiger partial charge in [0.1, 0.15) is 5.75 Å². The van der Waals surface area contributed by atoms with Crippen LogP contribution < -0.4 is 10.1 Å². The lowest BCUT2D eigenvalue weighted by molar-refractivity contribution is 0.373. The Balaban J connectivity index is 1.56. The molecule has 2 aromatic carbocycles. The van der Waals surface area contributed by atoms with Crippen molar-refractivity contribution in [3.05, 3.63) is 59.7 Å². The van der Waals surface area contributed by atoms with E-state index in [2.05, 4.69) is 29.4 Å². The minimum absolute atomic E-state index is 0.533. The quantitative estimate of drug-likeness (QED) is 0.852. The molecule has 0 spiro atoms. The van der Waals surface area contributed by atoms with Crippen molar-refractivity contribution < 1.29 is 4.74 Å². The van der Waals surface area contributed by atoms with Crippen LogP contribution in [-0.2, 0) is 0 Å². The van der Waals surface area contributed by atoms with Gasteiger partial charge in [0.15, 0.2) is 0 Å². The van der Waals surface area contributed by atoms with Crippen LogP contribution in [0.25, 0.3) is 0 Å². The minimum Gasteiger partial charge on any atom is -0.497 e. The maximum atomic E-state index is 5.43. The summed E-state index contributed by atoms with van der Waals surface area (Å²) in [5, 5.41) is 3.56. The molecule has 1 saturated carbocycles. The number of methoxy groups -OCH3 is 1. The van der Waals surface area contributed by atoms with E-state index < -0.39 is 0 Å². The largest absolute Gasteiger partial charge is 0.497 e. The van der Waals surface area contributed by atoms with Crippen LogP contribution in [0, 0.1) is 12.3 Å². The summed E-state index contributed by atoms with van der Waals surface area (Å²) in [6.45, 7) is 0. The fourth-order valence-corrected chi connectivity index (χ4v) is 2.82. The van der Waals surface area contributed by atoms with E-state index in [1.807, 2.05) is 30.3 Å². The number of hydrogen-bond donors (Lipinski definition) is 1. The molecule has 0 atom stereocenters. The zero-order chi connectivity index (χ0) is 14.7. The SMILES string of the molecule is C#Cc1cccc(NC2CC(c3ccc(OC)cc3)C2)c1. The van der Waals surface area contributed by atoms with Gasteiger partial charge < -0.3 is 10.1 Å². The summed E-state index contributed by atoms with van der Waals surface area (Å²) in [5.41, 5.74) is 3.43. The summed E-state index contributed by atoms with van der Waals surface area (Å²) in [6.07, 6.45) is 7.75. The maximum Gasteiger partial charge on any atom is 0.118 e. The number of anilines is 1. The summed E-state index contributed by atoms with van der Waals surface area (Å²) >= 11 is 0. The van der Waals surface area contributed by atoms with Gasteiger partial charge in [0.25, 0.3) is 0 Å². The first-order valence-corrected chi connectivity index (χ1v) is 7.25. The molecule has 1 aliphatic carbocycles. The van der Waals surface area contributed by atoms with Crippen molar-refractivity contribution in [1.82, 2.24) is 0 Å². The fourth-order valence-electron chi connectivity index (χ4n) is 2.82. The molecular formula is C19H19NO. The Morgan fingerprint density at radius 2 is 1.90 bits per heavy atom. The van der Waals surface area contributed by atoms with Gasteiger partial charge in [-0.3, -0.25) is 0 Å². The third-order valence-corrected chi connectivity index (χ3v) is 4.13. The Bertz CT molecular complexity index is 648. The Hall–Kier alpha value is -2.40. The highest BCUT2D eigenvalue weighted by molar-refractivity contribution is 5.51. The van der Waals surface area contributed by atoms with E-state index in [-0.39, 0.29) is 0 Å². The molecule has 0 radical (unpaired) electrons. The van der Waals surface area contributed by atoms with Gasteiger partial charge >= 0.3 is 0 Å². The van der Waals surface area contributed by atoms with Gasteiger partial charge in [-0.15, -0.1) is 6.42 Å². The molecule has 2 heteroatoms. The monoisotopic (exact) mass is 277 g/mol. The molecule has 0 heterocycles. The van der Waals surface area contributed by atoms with Crippen molar-refractivity contribution >= 4 is 5.69 Å². The predicted octanol–water partition coefficient (Wildman–Crippen LogP) is 4.03.